The molecule has 0 aliphatic heterocycles. The molecule has 0 unspecified atom stereocenters. The molecule has 1 aromatic carbocycles. The summed E-state index contributed by atoms with van der Waals surface area (Å²) in [5, 5.41) is 3.30. The standard InChI is InChI=1S/C13H15N3O/c1-17-9-10-4-2-3-5-12(10)16-11-6-7-15-13(14)8-11/h2-8H,9H2,1H3,(H3,14,15,16). The zero-order chi connectivity index (χ0) is 12.1. The number of pyridine rings is 1. The van der Waals surface area contributed by atoms with Crippen molar-refractivity contribution in [3.63, 3.8) is 0 Å². The molecule has 0 atom stereocenters. The van der Waals surface area contributed by atoms with E-state index >= 15 is 0 Å². The monoisotopic (exact) mass is 229 g/mol. The van der Waals surface area contributed by atoms with Gasteiger partial charge in [0.05, 0.1) is 6.61 Å². The first kappa shape index (κ1) is 11.4. The predicted octanol–water partition coefficient (Wildman–Crippen LogP) is 2.55. The second-order valence-corrected chi connectivity index (χ2v) is 3.68. The van der Waals surface area contributed by atoms with Gasteiger partial charge in [-0.2, -0.15) is 0 Å². The van der Waals surface area contributed by atoms with Crippen molar-refractivity contribution in [2.45, 2.75) is 6.61 Å². The summed E-state index contributed by atoms with van der Waals surface area (Å²) in [6.45, 7) is 0.573. The minimum absolute atomic E-state index is 0.499. The molecule has 0 fully saturated rings. The number of anilines is 3. The average Bonchev–Trinajstić information content (AvgIpc) is 2.32. The molecular formula is C13H15N3O. The van der Waals surface area contributed by atoms with Gasteiger partial charge < -0.3 is 15.8 Å². The van der Waals surface area contributed by atoms with Gasteiger partial charge in [0.15, 0.2) is 0 Å². The smallest absolute Gasteiger partial charge is 0.125 e. The molecule has 2 aromatic rings. The Labute approximate surface area is 100 Å². The lowest BCUT2D eigenvalue weighted by atomic mass is 10.2. The largest absolute Gasteiger partial charge is 0.384 e. The van der Waals surface area contributed by atoms with E-state index in [2.05, 4.69) is 10.3 Å². The van der Waals surface area contributed by atoms with E-state index in [-0.39, 0.29) is 0 Å². The molecule has 1 heterocycles. The Bertz CT molecular complexity index is 500. The molecule has 0 aliphatic rings. The number of nitrogens with two attached hydrogens (primary N) is 1. The number of hydrogen-bond acceptors (Lipinski definition) is 4. The van der Waals surface area contributed by atoms with Crippen LogP contribution in [-0.2, 0) is 11.3 Å². The summed E-state index contributed by atoms with van der Waals surface area (Å²) in [5.74, 6) is 0.499. The van der Waals surface area contributed by atoms with Crippen molar-refractivity contribution in [2.24, 2.45) is 0 Å². The number of ether oxygens (including phenoxy) is 1. The molecule has 0 saturated heterocycles. The third-order valence-corrected chi connectivity index (χ3v) is 2.38. The second kappa shape index (κ2) is 5.32. The molecule has 0 aliphatic carbocycles. The van der Waals surface area contributed by atoms with Crippen molar-refractivity contribution >= 4 is 17.2 Å². The fraction of sp³-hybridized carbons (Fsp3) is 0.154. The number of hydrogen-bond donors (Lipinski definition) is 2. The molecular weight excluding hydrogens is 214 g/mol. The van der Waals surface area contributed by atoms with E-state index in [9.17, 15) is 0 Å². The fourth-order valence-corrected chi connectivity index (χ4v) is 1.61. The molecule has 17 heavy (non-hydrogen) atoms. The predicted molar refractivity (Wildman–Crippen MR) is 69.1 cm³/mol. The highest BCUT2D eigenvalue weighted by molar-refractivity contribution is 5.64. The van der Waals surface area contributed by atoms with Crippen molar-refractivity contribution in [3.8, 4) is 0 Å². The lowest BCUT2D eigenvalue weighted by molar-refractivity contribution is 0.185. The summed E-state index contributed by atoms with van der Waals surface area (Å²) in [6, 6.07) is 11.7. The average molecular weight is 229 g/mol. The number of nitrogen functional groups attached to an aromatic ring is 1. The number of benzene rings is 1. The summed E-state index contributed by atoms with van der Waals surface area (Å²) in [7, 11) is 1.68. The van der Waals surface area contributed by atoms with Crippen molar-refractivity contribution in [2.75, 3.05) is 18.2 Å². The van der Waals surface area contributed by atoms with Crippen LogP contribution in [0.25, 0.3) is 0 Å². The molecule has 1 aromatic heterocycles. The topological polar surface area (TPSA) is 60.2 Å². The summed E-state index contributed by atoms with van der Waals surface area (Å²) in [5.41, 5.74) is 8.67. The molecule has 3 N–H and O–H groups in total. The first-order valence-electron chi connectivity index (χ1n) is 5.35. The Morgan fingerprint density at radius 2 is 2.12 bits per heavy atom. The maximum Gasteiger partial charge on any atom is 0.125 e. The van der Waals surface area contributed by atoms with Gasteiger partial charge in [-0.25, -0.2) is 4.98 Å². The highest BCUT2D eigenvalue weighted by Crippen LogP contribution is 2.21. The highest BCUT2D eigenvalue weighted by atomic mass is 16.5. The molecule has 0 bridgehead atoms. The zero-order valence-electron chi connectivity index (χ0n) is 9.68. The number of rotatable bonds is 4. The number of para-hydroxylation sites is 1. The number of methoxy groups -OCH3 is 1. The Kier molecular flexibility index (Phi) is 3.57. The number of aromatic nitrogens is 1. The van der Waals surface area contributed by atoms with Gasteiger partial charge in [-0.15, -0.1) is 0 Å². The van der Waals surface area contributed by atoms with Crippen molar-refractivity contribution in [1.29, 1.82) is 0 Å². The van der Waals surface area contributed by atoms with Crippen LogP contribution in [0.1, 0.15) is 5.56 Å². The molecule has 0 spiro atoms. The van der Waals surface area contributed by atoms with Gasteiger partial charge in [0, 0.05) is 36.3 Å². The summed E-state index contributed by atoms with van der Waals surface area (Å²) in [6.07, 6.45) is 1.68. The van der Waals surface area contributed by atoms with Crippen LogP contribution >= 0.6 is 0 Å². The van der Waals surface area contributed by atoms with Crippen LogP contribution in [0.3, 0.4) is 0 Å². The molecule has 2 rings (SSSR count). The Morgan fingerprint density at radius 1 is 1.29 bits per heavy atom. The normalized spacial score (nSPS) is 10.2. The summed E-state index contributed by atoms with van der Waals surface area (Å²) >= 11 is 0. The molecule has 0 amide bonds. The third kappa shape index (κ3) is 2.95. The quantitative estimate of drug-likeness (QED) is 0.845. The van der Waals surface area contributed by atoms with Crippen LogP contribution in [-0.4, -0.2) is 12.1 Å². The minimum Gasteiger partial charge on any atom is -0.384 e. The minimum atomic E-state index is 0.499. The van der Waals surface area contributed by atoms with E-state index in [1.54, 1.807) is 19.4 Å². The number of nitrogens with zero attached hydrogens (tertiary/aromatic N) is 1. The van der Waals surface area contributed by atoms with Gasteiger partial charge in [-0.1, -0.05) is 18.2 Å². The van der Waals surface area contributed by atoms with E-state index in [0.29, 0.717) is 12.4 Å². The molecule has 0 saturated carbocycles. The fourth-order valence-electron chi connectivity index (χ4n) is 1.61. The third-order valence-electron chi connectivity index (χ3n) is 2.38. The Balaban J connectivity index is 2.23. The van der Waals surface area contributed by atoms with Gasteiger partial charge in [0.25, 0.3) is 0 Å². The van der Waals surface area contributed by atoms with Crippen LogP contribution in [0.15, 0.2) is 42.6 Å². The van der Waals surface area contributed by atoms with Crippen molar-refractivity contribution in [1.82, 2.24) is 4.98 Å². The van der Waals surface area contributed by atoms with E-state index in [1.807, 2.05) is 30.3 Å². The maximum absolute atomic E-state index is 5.63. The van der Waals surface area contributed by atoms with Gasteiger partial charge >= 0.3 is 0 Å². The Morgan fingerprint density at radius 3 is 2.88 bits per heavy atom. The van der Waals surface area contributed by atoms with Crippen LogP contribution in [0.5, 0.6) is 0 Å². The summed E-state index contributed by atoms with van der Waals surface area (Å²) in [4.78, 5) is 3.95. The van der Waals surface area contributed by atoms with Gasteiger partial charge in [0.1, 0.15) is 5.82 Å². The van der Waals surface area contributed by atoms with Crippen LogP contribution in [0.4, 0.5) is 17.2 Å². The molecule has 88 valence electrons. The SMILES string of the molecule is COCc1ccccc1Nc1ccnc(N)c1. The van der Waals surface area contributed by atoms with Gasteiger partial charge in [-0.05, 0) is 12.1 Å². The van der Waals surface area contributed by atoms with E-state index in [0.717, 1.165) is 16.9 Å². The zero-order valence-corrected chi connectivity index (χ0v) is 9.68. The van der Waals surface area contributed by atoms with Gasteiger partial charge in [-0.3, -0.25) is 0 Å². The summed E-state index contributed by atoms with van der Waals surface area (Å²) < 4.78 is 5.15. The maximum atomic E-state index is 5.63. The van der Waals surface area contributed by atoms with E-state index in [1.165, 1.54) is 0 Å². The first-order chi connectivity index (χ1) is 8.29. The van der Waals surface area contributed by atoms with E-state index < -0.39 is 0 Å². The van der Waals surface area contributed by atoms with Crippen LogP contribution < -0.4 is 11.1 Å². The van der Waals surface area contributed by atoms with Crippen LogP contribution in [0.2, 0.25) is 0 Å². The van der Waals surface area contributed by atoms with E-state index in [4.69, 9.17) is 10.5 Å². The van der Waals surface area contributed by atoms with Crippen molar-refractivity contribution < 1.29 is 4.74 Å². The van der Waals surface area contributed by atoms with Gasteiger partial charge in [0.2, 0.25) is 0 Å². The molecule has 4 heteroatoms. The first-order valence-corrected chi connectivity index (χ1v) is 5.35. The van der Waals surface area contributed by atoms with Crippen LogP contribution in [0, 0.1) is 0 Å². The van der Waals surface area contributed by atoms with Crippen molar-refractivity contribution in [3.05, 3.63) is 48.2 Å². The molecule has 0 radical (unpaired) electrons. The lowest BCUT2D eigenvalue weighted by Crippen LogP contribution is -1.98. The lowest BCUT2D eigenvalue weighted by Gasteiger charge is -2.11. The molecule has 4 nitrogen and oxygen atoms in total. The second-order valence-electron chi connectivity index (χ2n) is 3.68. The number of nitrogens with one attached hydrogen (secondary N) is 1. The highest BCUT2D eigenvalue weighted by Gasteiger charge is 2.01. The Hall–Kier alpha value is -2.07.